The molecule has 12 aromatic rings. The molecule has 0 bridgehead atoms. The minimum atomic E-state index is -0.131. The van der Waals surface area contributed by atoms with E-state index in [9.17, 15) is 0 Å². The van der Waals surface area contributed by atoms with Gasteiger partial charge < -0.3 is 9.30 Å². The average molecular weight is 783 g/mol. The molecule has 60 heavy (non-hydrogen) atoms. The van der Waals surface area contributed by atoms with Crippen LogP contribution in [0.4, 0.5) is 17.1 Å². The fraction of sp³-hybridized carbons (Fsp3) is 0.0526. The summed E-state index contributed by atoms with van der Waals surface area (Å²) in [6, 6.07) is 72.5. The van der Waals surface area contributed by atoms with Crippen LogP contribution in [-0.2, 0) is 5.41 Å². The van der Waals surface area contributed by atoms with Crippen molar-refractivity contribution in [3.8, 4) is 22.3 Å². The summed E-state index contributed by atoms with van der Waals surface area (Å²) in [7, 11) is 0. The van der Waals surface area contributed by atoms with Gasteiger partial charge in [0.1, 0.15) is 0 Å². The molecule has 0 saturated heterocycles. The van der Waals surface area contributed by atoms with E-state index >= 15 is 0 Å². The lowest BCUT2D eigenvalue weighted by atomic mass is 9.82. The molecule has 3 heteroatoms. The van der Waals surface area contributed by atoms with Crippen molar-refractivity contribution in [2.24, 2.45) is 0 Å². The van der Waals surface area contributed by atoms with Crippen LogP contribution in [0, 0.1) is 0 Å². The van der Waals surface area contributed by atoms with E-state index in [2.05, 4.69) is 217 Å². The quantitative estimate of drug-likeness (QED) is 0.173. The van der Waals surface area contributed by atoms with Crippen LogP contribution in [0.2, 0.25) is 0 Å². The molecule has 1 aliphatic carbocycles. The van der Waals surface area contributed by atoms with Gasteiger partial charge in [-0.25, -0.2) is 0 Å². The normalized spacial score (nSPS) is 13.3. The van der Waals surface area contributed by atoms with Crippen molar-refractivity contribution in [1.82, 2.24) is 4.40 Å². The molecule has 0 amide bonds. The highest BCUT2D eigenvalue weighted by Crippen LogP contribution is 2.52. The number of rotatable bonds is 4. The second-order valence-electron chi connectivity index (χ2n) is 16.8. The monoisotopic (exact) mass is 782 g/mol. The molecule has 0 aliphatic heterocycles. The molecule has 0 atom stereocenters. The second-order valence-corrected chi connectivity index (χ2v) is 17.9. The van der Waals surface area contributed by atoms with Crippen molar-refractivity contribution >= 4 is 97.4 Å². The summed E-state index contributed by atoms with van der Waals surface area (Å²) in [5.41, 5.74) is 14.7. The van der Waals surface area contributed by atoms with Crippen molar-refractivity contribution < 1.29 is 0 Å². The third-order valence-corrected chi connectivity index (χ3v) is 14.5. The van der Waals surface area contributed by atoms with Crippen molar-refractivity contribution in [1.29, 1.82) is 0 Å². The Morgan fingerprint density at radius 3 is 1.87 bits per heavy atom. The van der Waals surface area contributed by atoms with Crippen molar-refractivity contribution in [2.75, 3.05) is 4.90 Å². The number of para-hydroxylation sites is 2. The zero-order chi connectivity index (χ0) is 39.7. The zero-order valence-electron chi connectivity index (χ0n) is 33.3. The average Bonchev–Trinajstić information content (AvgIpc) is 3.93. The fourth-order valence-electron chi connectivity index (χ4n) is 10.7. The lowest BCUT2D eigenvalue weighted by Crippen LogP contribution is -2.16. The van der Waals surface area contributed by atoms with E-state index in [1.807, 2.05) is 11.3 Å². The number of hydrogen-bond donors (Lipinski definition) is 0. The van der Waals surface area contributed by atoms with E-state index in [4.69, 9.17) is 0 Å². The van der Waals surface area contributed by atoms with Crippen LogP contribution in [0.25, 0.3) is 91.3 Å². The number of anilines is 3. The number of hydrogen-bond acceptors (Lipinski definition) is 2. The lowest BCUT2D eigenvalue weighted by Gasteiger charge is -2.30. The SMILES string of the molecule is CC1(C)c2ccccc2-c2ccc(N(c3ccc4c(c3)c3cccc5c6ccccc6c6cccc7sc8cccc(c8c76)n4c53)c3ccccc3-c3ccccc3)cc21. The Labute approximate surface area is 351 Å². The standard InChI is InChI=1S/C57H38N2S/c1-57(2)47-24-10-8-20-41(47)42-31-29-37(34-48(42)57)58(49-25-11-9-17-38(49)35-15-4-3-5-16-35)36-30-32-50-46(33-36)45-23-12-22-44-40-19-7-6-18-39(40)43-21-13-27-52-54(43)55-51(59(50)56(44)45)26-14-28-53(55)60-52/h3-34H,1-2H3. The third kappa shape index (κ3) is 4.58. The fourth-order valence-corrected chi connectivity index (χ4v) is 11.8. The highest BCUT2D eigenvalue weighted by Gasteiger charge is 2.36. The molecular formula is C57H38N2S. The molecule has 0 fully saturated rings. The zero-order valence-corrected chi connectivity index (χ0v) is 34.1. The largest absolute Gasteiger partial charge is 0.310 e. The Bertz CT molecular complexity index is 3760. The highest BCUT2D eigenvalue weighted by atomic mass is 32.1. The number of fused-ring (bicyclic) bond motifs is 10. The summed E-state index contributed by atoms with van der Waals surface area (Å²) >= 11 is 1.89. The lowest BCUT2D eigenvalue weighted by molar-refractivity contribution is 0.660. The van der Waals surface area contributed by atoms with Crippen LogP contribution in [-0.4, -0.2) is 4.40 Å². The Hall–Kier alpha value is -7.20. The Morgan fingerprint density at radius 1 is 0.417 bits per heavy atom. The highest BCUT2D eigenvalue weighted by molar-refractivity contribution is 7.26. The minimum Gasteiger partial charge on any atom is -0.310 e. The smallest absolute Gasteiger partial charge is 0.0619 e. The molecule has 13 rings (SSSR count). The van der Waals surface area contributed by atoms with Crippen molar-refractivity contribution in [3.05, 3.63) is 205 Å². The summed E-state index contributed by atoms with van der Waals surface area (Å²) < 4.78 is 5.19. The number of aromatic nitrogens is 1. The van der Waals surface area contributed by atoms with E-state index in [-0.39, 0.29) is 5.41 Å². The van der Waals surface area contributed by atoms with Crippen LogP contribution >= 0.6 is 11.3 Å². The Morgan fingerprint density at radius 2 is 1.02 bits per heavy atom. The van der Waals surface area contributed by atoms with Gasteiger partial charge in [0.05, 0.1) is 22.2 Å². The molecule has 9 aromatic carbocycles. The van der Waals surface area contributed by atoms with Crippen molar-refractivity contribution in [3.63, 3.8) is 0 Å². The van der Waals surface area contributed by atoms with E-state index in [0.29, 0.717) is 0 Å². The molecule has 0 spiro atoms. The maximum Gasteiger partial charge on any atom is 0.0619 e. The summed E-state index contributed by atoms with van der Waals surface area (Å²) in [5, 5.41) is 10.2. The van der Waals surface area contributed by atoms with Gasteiger partial charge in [-0.2, -0.15) is 0 Å². The topological polar surface area (TPSA) is 7.65 Å². The molecule has 282 valence electrons. The molecule has 3 heterocycles. The first-order valence-corrected chi connectivity index (χ1v) is 21.7. The van der Waals surface area contributed by atoms with Gasteiger partial charge in [0.25, 0.3) is 0 Å². The molecule has 0 unspecified atom stereocenters. The summed E-state index contributed by atoms with van der Waals surface area (Å²) in [6.45, 7) is 4.74. The molecular weight excluding hydrogens is 745 g/mol. The first kappa shape index (κ1) is 33.7. The van der Waals surface area contributed by atoms with E-state index < -0.39 is 0 Å². The molecule has 0 N–H and O–H groups in total. The van der Waals surface area contributed by atoms with E-state index in [1.165, 1.54) is 102 Å². The minimum absolute atomic E-state index is 0.131. The van der Waals surface area contributed by atoms with Crippen LogP contribution in [0.15, 0.2) is 194 Å². The Kier molecular flexibility index (Phi) is 6.98. The van der Waals surface area contributed by atoms with Crippen molar-refractivity contribution in [2.45, 2.75) is 19.3 Å². The van der Waals surface area contributed by atoms with Gasteiger partial charge in [-0.05, 0) is 98.6 Å². The van der Waals surface area contributed by atoms with Gasteiger partial charge in [-0.3, -0.25) is 0 Å². The second kappa shape index (κ2) is 12.4. The molecule has 0 saturated carbocycles. The van der Waals surface area contributed by atoms with Gasteiger partial charge in [0.15, 0.2) is 0 Å². The maximum absolute atomic E-state index is 2.56. The third-order valence-electron chi connectivity index (χ3n) is 13.3. The van der Waals surface area contributed by atoms with E-state index in [0.717, 1.165) is 17.1 Å². The molecule has 3 aromatic heterocycles. The number of benzene rings is 9. The van der Waals surface area contributed by atoms with Crippen LogP contribution in [0.3, 0.4) is 0 Å². The molecule has 1 aliphatic rings. The number of nitrogens with zero attached hydrogens (tertiary/aromatic N) is 2. The Balaban J connectivity index is 1.15. The van der Waals surface area contributed by atoms with Gasteiger partial charge >= 0.3 is 0 Å². The van der Waals surface area contributed by atoms with Gasteiger partial charge in [0.2, 0.25) is 0 Å². The predicted octanol–water partition coefficient (Wildman–Crippen LogP) is 16.4. The van der Waals surface area contributed by atoms with E-state index in [1.54, 1.807) is 0 Å². The first-order valence-electron chi connectivity index (χ1n) is 20.9. The summed E-state index contributed by atoms with van der Waals surface area (Å²) in [5.74, 6) is 0. The summed E-state index contributed by atoms with van der Waals surface area (Å²) in [4.78, 5) is 2.49. The van der Waals surface area contributed by atoms with Crippen LogP contribution < -0.4 is 4.90 Å². The predicted molar refractivity (Wildman–Crippen MR) is 258 cm³/mol. The number of thiophene rings is 1. The molecule has 0 radical (unpaired) electrons. The maximum atomic E-state index is 2.56. The van der Waals surface area contributed by atoms with Crippen LogP contribution in [0.5, 0.6) is 0 Å². The van der Waals surface area contributed by atoms with Gasteiger partial charge in [-0.15, -0.1) is 11.3 Å². The summed E-state index contributed by atoms with van der Waals surface area (Å²) in [6.07, 6.45) is 0. The van der Waals surface area contributed by atoms with Crippen LogP contribution in [0.1, 0.15) is 25.0 Å². The first-order chi connectivity index (χ1) is 29.5. The van der Waals surface area contributed by atoms with Gasteiger partial charge in [-0.1, -0.05) is 153 Å². The van der Waals surface area contributed by atoms with Gasteiger partial charge in [0, 0.05) is 58.7 Å². The molecule has 2 nitrogen and oxygen atoms in total.